The third kappa shape index (κ3) is 5.35. The van der Waals surface area contributed by atoms with E-state index in [-0.39, 0.29) is 24.2 Å². The van der Waals surface area contributed by atoms with Crippen molar-refractivity contribution in [3.8, 4) is 5.75 Å². The summed E-state index contributed by atoms with van der Waals surface area (Å²) >= 11 is 0. The van der Waals surface area contributed by atoms with E-state index >= 15 is 0 Å². The summed E-state index contributed by atoms with van der Waals surface area (Å²) in [6, 6.07) is 20.2. The van der Waals surface area contributed by atoms with Crippen LogP contribution in [0.1, 0.15) is 45.4 Å². The minimum Gasteiger partial charge on any atom is -0.497 e. The molecule has 1 aliphatic rings. The van der Waals surface area contributed by atoms with E-state index in [1.54, 1.807) is 43.4 Å². The maximum Gasteiger partial charge on any atom is 0.255 e. The molecule has 7 heteroatoms. The van der Waals surface area contributed by atoms with Crippen molar-refractivity contribution in [1.29, 1.82) is 0 Å². The fraction of sp³-hybridized carbons (Fsp3) is 0.286. The third-order valence-corrected chi connectivity index (χ3v) is 6.27. The molecule has 0 aliphatic carbocycles. The number of halogens is 1. The largest absolute Gasteiger partial charge is 0.497 e. The van der Waals surface area contributed by atoms with Gasteiger partial charge in [-0.25, -0.2) is 4.39 Å². The van der Waals surface area contributed by atoms with Crippen molar-refractivity contribution in [3.63, 3.8) is 0 Å². The smallest absolute Gasteiger partial charge is 0.255 e. The molecule has 0 spiro atoms. The summed E-state index contributed by atoms with van der Waals surface area (Å²) in [4.78, 5) is 29.1. The second-order valence-electron chi connectivity index (χ2n) is 8.48. The summed E-state index contributed by atoms with van der Waals surface area (Å²) in [5.74, 6) is -0.619. The second-order valence-corrected chi connectivity index (χ2v) is 8.48. The number of nitrogens with one attached hydrogen (secondary N) is 1. The van der Waals surface area contributed by atoms with Crippen LogP contribution in [0.15, 0.2) is 72.8 Å². The van der Waals surface area contributed by atoms with Gasteiger partial charge in [-0.05, 0) is 53.4 Å². The molecule has 182 valence electrons. The van der Waals surface area contributed by atoms with Crippen LogP contribution in [0.4, 0.5) is 4.39 Å². The van der Waals surface area contributed by atoms with E-state index < -0.39 is 12.0 Å². The maximum absolute atomic E-state index is 13.7. The highest BCUT2D eigenvalue weighted by atomic mass is 19.1. The van der Waals surface area contributed by atoms with Crippen molar-refractivity contribution in [3.05, 3.63) is 101 Å². The number of nitrogens with zero attached hydrogens (tertiary/aromatic N) is 1. The lowest BCUT2D eigenvalue weighted by molar-refractivity contribution is -0.124. The number of carbonyl (C=O) groups excluding carboxylic acids is 2. The number of benzene rings is 3. The first-order valence-electron chi connectivity index (χ1n) is 11.6. The molecule has 3 aromatic rings. The Bertz CT molecular complexity index is 1160. The first-order valence-corrected chi connectivity index (χ1v) is 11.6. The van der Waals surface area contributed by atoms with Gasteiger partial charge in [0, 0.05) is 32.4 Å². The summed E-state index contributed by atoms with van der Waals surface area (Å²) in [6.07, 6.45) is 0.683. The highest BCUT2D eigenvalue weighted by molar-refractivity contribution is 6.01. The SMILES string of the molecule is COCCCNC(=O)[C@H]1c2ccccc2C(=O)N(Cc2ccc(F)cc2)[C@H]1c1ccc(OC)cc1. The fourth-order valence-corrected chi connectivity index (χ4v) is 4.55. The van der Waals surface area contributed by atoms with E-state index in [1.165, 1.54) is 12.1 Å². The third-order valence-electron chi connectivity index (χ3n) is 6.27. The van der Waals surface area contributed by atoms with Crippen LogP contribution in [0.3, 0.4) is 0 Å². The molecular formula is C28H29FN2O4. The average molecular weight is 477 g/mol. The van der Waals surface area contributed by atoms with Crippen LogP contribution in [0.25, 0.3) is 0 Å². The van der Waals surface area contributed by atoms with Crippen LogP contribution < -0.4 is 10.1 Å². The van der Waals surface area contributed by atoms with Crippen LogP contribution in [0.2, 0.25) is 0 Å². The Labute approximate surface area is 204 Å². The normalized spacial score (nSPS) is 17.1. The van der Waals surface area contributed by atoms with Crippen molar-refractivity contribution >= 4 is 11.8 Å². The number of ether oxygens (including phenoxy) is 2. The number of carbonyl (C=O) groups is 2. The Kier molecular flexibility index (Phi) is 7.77. The molecular weight excluding hydrogens is 447 g/mol. The molecule has 2 atom stereocenters. The van der Waals surface area contributed by atoms with Gasteiger partial charge in [0.2, 0.25) is 5.91 Å². The quantitative estimate of drug-likeness (QED) is 0.463. The number of hydrogen-bond acceptors (Lipinski definition) is 4. The zero-order chi connectivity index (χ0) is 24.8. The van der Waals surface area contributed by atoms with Crippen LogP contribution in [0.5, 0.6) is 5.75 Å². The van der Waals surface area contributed by atoms with Crippen molar-refractivity contribution in [2.75, 3.05) is 27.4 Å². The Morgan fingerprint density at radius 2 is 1.71 bits per heavy atom. The molecule has 35 heavy (non-hydrogen) atoms. The van der Waals surface area contributed by atoms with Crippen molar-refractivity contribution in [1.82, 2.24) is 10.2 Å². The monoisotopic (exact) mass is 476 g/mol. The zero-order valence-electron chi connectivity index (χ0n) is 19.9. The zero-order valence-corrected chi connectivity index (χ0v) is 19.9. The van der Waals surface area contributed by atoms with Crippen LogP contribution in [-0.2, 0) is 16.1 Å². The maximum atomic E-state index is 13.7. The lowest BCUT2D eigenvalue weighted by Crippen LogP contribution is -2.47. The van der Waals surface area contributed by atoms with Crippen molar-refractivity contribution in [2.45, 2.75) is 24.9 Å². The molecule has 0 aromatic heterocycles. The summed E-state index contributed by atoms with van der Waals surface area (Å²) in [6.45, 7) is 1.24. The highest BCUT2D eigenvalue weighted by Gasteiger charge is 2.44. The molecule has 0 unspecified atom stereocenters. The number of rotatable bonds is 9. The molecule has 3 aromatic carbocycles. The van der Waals surface area contributed by atoms with Gasteiger partial charge in [-0.3, -0.25) is 9.59 Å². The van der Waals surface area contributed by atoms with Crippen molar-refractivity contribution in [2.24, 2.45) is 0 Å². The summed E-state index contributed by atoms with van der Waals surface area (Å²) in [7, 11) is 3.21. The van der Waals surface area contributed by atoms with Crippen molar-refractivity contribution < 1.29 is 23.5 Å². The van der Waals surface area contributed by atoms with Gasteiger partial charge in [-0.2, -0.15) is 0 Å². The summed E-state index contributed by atoms with van der Waals surface area (Å²) in [5.41, 5.74) is 2.78. The Hall–Kier alpha value is -3.71. The summed E-state index contributed by atoms with van der Waals surface area (Å²) in [5, 5.41) is 3.03. The van der Waals surface area contributed by atoms with E-state index in [4.69, 9.17) is 9.47 Å². The Balaban J connectivity index is 1.79. The van der Waals surface area contributed by atoms with Gasteiger partial charge in [0.1, 0.15) is 11.6 Å². The first-order chi connectivity index (χ1) is 17.0. The number of amides is 2. The van der Waals surface area contributed by atoms with Crippen LogP contribution in [0, 0.1) is 5.82 Å². The topological polar surface area (TPSA) is 67.9 Å². The van der Waals surface area contributed by atoms with Gasteiger partial charge in [-0.15, -0.1) is 0 Å². The van der Waals surface area contributed by atoms with E-state index in [0.717, 1.165) is 11.1 Å². The van der Waals surface area contributed by atoms with Crippen LogP contribution >= 0.6 is 0 Å². The molecule has 6 nitrogen and oxygen atoms in total. The second kappa shape index (κ2) is 11.1. The molecule has 1 aliphatic heterocycles. The Morgan fingerprint density at radius 1 is 1.00 bits per heavy atom. The minimum atomic E-state index is -0.625. The van der Waals surface area contributed by atoms with Gasteiger partial charge in [0.05, 0.1) is 19.1 Å². The van der Waals surface area contributed by atoms with Crippen LogP contribution in [-0.4, -0.2) is 44.1 Å². The molecule has 0 radical (unpaired) electrons. The molecule has 1 N–H and O–H groups in total. The number of hydrogen-bond donors (Lipinski definition) is 1. The van der Waals surface area contributed by atoms with Gasteiger partial charge in [0.25, 0.3) is 5.91 Å². The molecule has 4 rings (SSSR count). The molecule has 0 fully saturated rings. The number of fused-ring (bicyclic) bond motifs is 1. The average Bonchev–Trinajstić information content (AvgIpc) is 2.89. The molecule has 2 amide bonds. The van der Waals surface area contributed by atoms with E-state index in [9.17, 15) is 14.0 Å². The lowest BCUT2D eigenvalue weighted by atomic mass is 9.79. The van der Waals surface area contributed by atoms with Gasteiger partial charge >= 0.3 is 0 Å². The molecule has 0 saturated heterocycles. The fourth-order valence-electron chi connectivity index (χ4n) is 4.55. The van der Waals surface area contributed by atoms with Gasteiger partial charge in [-0.1, -0.05) is 42.5 Å². The van der Waals surface area contributed by atoms with Gasteiger partial charge in [0.15, 0.2) is 0 Å². The predicted molar refractivity (Wildman–Crippen MR) is 131 cm³/mol. The molecule has 0 bridgehead atoms. The van der Waals surface area contributed by atoms with E-state index in [0.29, 0.717) is 36.4 Å². The summed E-state index contributed by atoms with van der Waals surface area (Å²) < 4.78 is 24.0. The van der Waals surface area contributed by atoms with E-state index in [2.05, 4.69) is 5.32 Å². The van der Waals surface area contributed by atoms with Gasteiger partial charge < -0.3 is 19.7 Å². The molecule has 1 heterocycles. The minimum absolute atomic E-state index is 0.161. The Morgan fingerprint density at radius 3 is 2.40 bits per heavy atom. The lowest BCUT2D eigenvalue weighted by Gasteiger charge is -2.42. The molecule has 0 saturated carbocycles. The standard InChI is InChI=1S/C28H29FN2O4/c1-34-17-5-16-30-27(32)25-23-6-3-4-7-24(23)28(33)31(18-19-8-12-21(29)13-9-19)26(25)20-10-14-22(35-2)15-11-20/h3-4,6-15,25-26H,5,16-18H2,1-2H3,(H,30,32)/t25-,26-/m0/s1. The predicted octanol–water partition coefficient (Wildman–Crippen LogP) is 4.47. The van der Waals surface area contributed by atoms with E-state index in [1.807, 2.05) is 36.4 Å². The number of methoxy groups -OCH3 is 2. The first kappa shape index (κ1) is 24.4. The highest BCUT2D eigenvalue weighted by Crippen LogP contribution is 2.44.